The second-order valence-corrected chi connectivity index (χ2v) is 15.1. The summed E-state index contributed by atoms with van der Waals surface area (Å²) in [7, 11) is 1.39. The normalized spacial score (nSPS) is 20.3. The molecule has 1 saturated heterocycles. The molecule has 41 heavy (non-hydrogen) atoms. The molecule has 1 fully saturated rings. The number of ether oxygens (including phenoxy) is 3. The van der Waals surface area contributed by atoms with Gasteiger partial charge in [-0.3, -0.25) is 0 Å². The van der Waals surface area contributed by atoms with Crippen LogP contribution in [0.1, 0.15) is 116 Å². The van der Waals surface area contributed by atoms with Crippen LogP contribution in [0.2, 0.25) is 6.04 Å². The summed E-state index contributed by atoms with van der Waals surface area (Å²) in [5, 5.41) is 8.73. The maximum Gasteiger partial charge on any atom is 0.498 e. The van der Waals surface area contributed by atoms with E-state index >= 15 is 0 Å². The first-order valence-electron chi connectivity index (χ1n) is 17.1. The molecular formula is C32H68NO7Si+. The first kappa shape index (κ1) is 38.9. The minimum absolute atomic E-state index is 0.0123. The van der Waals surface area contributed by atoms with Gasteiger partial charge in [-0.2, -0.15) is 0 Å². The molecule has 1 rings (SSSR count). The molecule has 0 radical (unpaired) electrons. The summed E-state index contributed by atoms with van der Waals surface area (Å²) in [6.45, 7) is 7.10. The van der Waals surface area contributed by atoms with Crippen molar-refractivity contribution in [2.45, 2.75) is 128 Å². The second-order valence-electron chi connectivity index (χ2n) is 12.6. The van der Waals surface area contributed by atoms with Gasteiger partial charge in [0.1, 0.15) is 6.10 Å². The molecule has 0 amide bonds. The number of nitrogens with zero attached hydrogens (tertiary/aromatic N) is 1. The Hall–Kier alpha value is -0.103. The summed E-state index contributed by atoms with van der Waals surface area (Å²) < 4.78 is 29.1. The van der Waals surface area contributed by atoms with Crippen LogP contribution in [-0.4, -0.2) is 109 Å². The predicted molar refractivity (Wildman–Crippen MR) is 169 cm³/mol. The van der Waals surface area contributed by atoms with Crippen molar-refractivity contribution in [2.24, 2.45) is 0 Å². The molecular weight excluding hydrogens is 538 g/mol. The monoisotopic (exact) mass is 606 g/mol. The van der Waals surface area contributed by atoms with Gasteiger partial charge in [0.15, 0.2) is 0 Å². The van der Waals surface area contributed by atoms with Crippen LogP contribution in [0.15, 0.2) is 0 Å². The lowest BCUT2D eigenvalue weighted by Crippen LogP contribution is -2.49. The topological polar surface area (TPSA) is 86.6 Å². The van der Waals surface area contributed by atoms with Gasteiger partial charge in [0, 0.05) is 12.5 Å². The molecule has 0 aliphatic carbocycles. The Labute approximate surface area is 254 Å². The highest BCUT2D eigenvalue weighted by atomic mass is 28.4. The van der Waals surface area contributed by atoms with Gasteiger partial charge >= 0.3 is 8.80 Å². The van der Waals surface area contributed by atoms with Crippen molar-refractivity contribution in [3.63, 3.8) is 0 Å². The number of hydrogen-bond acceptors (Lipinski definition) is 7. The van der Waals surface area contributed by atoms with Gasteiger partial charge < -0.3 is 37.4 Å². The van der Waals surface area contributed by atoms with E-state index in [4.69, 9.17) is 28.2 Å². The third-order valence-electron chi connectivity index (χ3n) is 8.04. The highest BCUT2D eigenvalue weighted by Gasteiger charge is 2.39. The number of hydrogen-bond donors (Lipinski definition) is 2. The standard InChI is InChI=1S/C32H68NO7Si/c1-4-5-6-7-8-9-10-11-12-13-14-15-16-17-18-19-21-33(2,3)22-20-29-41(35)39-28-27-38-32(31-40-41)30-37-26-25-36-24-23-34/h32,34-35H,4-31H2,1-3H3/q+1. The van der Waals surface area contributed by atoms with E-state index in [-0.39, 0.29) is 19.3 Å². The number of unbranched alkanes of at least 4 members (excludes halogenated alkanes) is 15. The molecule has 2 atom stereocenters. The Morgan fingerprint density at radius 1 is 0.683 bits per heavy atom. The van der Waals surface area contributed by atoms with E-state index in [1.54, 1.807) is 0 Å². The fraction of sp³-hybridized carbons (Fsp3) is 1.00. The molecule has 1 aliphatic heterocycles. The van der Waals surface area contributed by atoms with E-state index in [0.29, 0.717) is 45.7 Å². The quantitative estimate of drug-likeness (QED) is 0.0632. The van der Waals surface area contributed by atoms with E-state index in [0.717, 1.165) is 17.4 Å². The first-order valence-corrected chi connectivity index (χ1v) is 19.1. The molecule has 0 spiro atoms. The summed E-state index contributed by atoms with van der Waals surface area (Å²) in [6.07, 6.45) is 23.1. The lowest BCUT2D eigenvalue weighted by Gasteiger charge is -2.33. The Morgan fingerprint density at radius 3 is 1.80 bits per heavy atom. The zero-order valence-electron chi connectivity index (χ0n) is 27.3. The van der Waals surface area contributed by atoms with E-state index in [9.17, 15) is 4.80 Å². The van der Waals surface area contributed by atoms with Crippen LogP contribution >= 0.6 is 0 Å². The lowest BCUT2D eigenvalue weighted by atomic mass is 10.0. The first-order chi connectivity index (χ1) is 19.9. The second kappa shape index (κ2) is 26.3. The Balaban J connectivity index is 2.02. The van der Waals surface area contributed by atoms with Crippen molar-refractivity contribution in [3.8, 4) is 0 Å². The summed E-state index contributed by atoms with van der Waals surface area (Å²) in [5.74, 6) is 0. The van der Waals surface area contributed by atoms with E-state index in [1.807, 2.05) is 0 Å². The molecule has 9 heteroatoms. The number of aliphatic hydroxyl groups is 1. The third-order valence-corrected chi connectivity index (χ3v) is 10.3. The van der Waals surface area contributed by atoms with Gasteiger partial charge in [-0.1, -0.05) is 96.8 Å². The van der Waals surface area contributed by atoms with Crippen LogP contribution in [0.3, 0.4) is 0 Å². The minimum Gasteiger partial charge on any atom is -0.394 e. The van der Waals surface area contributed by atoms with E-state index < -0.39 is 8.80 Å². The molecule has 1 aliphatic rings. The van der Waals surface area contributed by atoms with Gasteiger partial charge in [-0.25, -0.2) is 0 Å². The zero-order valence-corrected chi connectivity index (χ0v) is 28.3. The van der Waals surface area contributed by atoms with Gasteiger partial charge in [0.2, 0.25) is 0 Å². The summed E-state index contributed by atoms with van der Waals surface area (Å²) in [4.78, 5) is 11.0. The lowest BCUT2D eigenvalue weighted by molar-refractivity contribution is -0.890. The van der Waals surface area contributed by atoms with Crippen LogP contribution < -0.4 is 0 Å². The van der Waals surface area contributed by atoms with E-state index in [1.165, 1.54) is 109 Å². The van der Waals surface area contributed by atoms with Crippen LogP contribution in [-0.2, 0) is 23.1 Å². The highest BCUT2D eigenvalue weighted by Crippen LogP contribution is 2.19. The van der Waals surface area contributed by atoms with Crippen molar-refractivity contribution in [1.82, 2.24) is 0 Å². The summed E-state index contributed by atoms with van der Waals surface area (Å²) >= 11 is 0. The Bertz CT molecular complexity index is 572. The highest BCUT2D eigenvalue weighted by molar-refractivity contribution is 6.59. The van der Waals surface area contributed by atoms with E-state index in [2.05, 4.69) is 21.0 Å². The number of rotatable bonds is 28. The largest absolute Gasteiger partial charge is 0.498 e. The fourth-order valence-electron chi connectivity index (χ4n) is 5.40. The van der Waals surface area contributed by atoms with Crippen molar-refractivity contribution in [1.29, 1.82) is 0 Å². The van der Waals surface area contributed by atoms with Gasteiger partial charge in [-0.15, -0.1) is 0 Å². The fourth-order valence-corrected chi connectivity index (χ4v) is 7.22. The van der Waals surface area contributed by atoms with Crippen LogP contribution in [0.25, 0.3) is 0 Å². The average molecular weight is 607 g/mol. The SMILES string of the molecule is CCCCCCCCCCCCCCCCCC[N+](C)(C)CCC[Si]1(O)OCCOC(COCCOCCO)CO1. The third kappa shape index (κ3) is 24.0. The summed E-state index contributed by atoms with van der Waals surface area (Å²) in [6, 6.07) is 0.580. The van der Waals surface area contributed by atoms with Crippen molar-refractivity contribution >= 4 is 8.80 Å². The van der Waals surface area contributed by atoms with Gasteiger partial charge in [0.05, 0.1) is 80.0 Å². The van der Waals surface area contributed by atoms with Crippen molar-refractivity contribution < 1.29 is 37.4 Å². The average Bonchev–Trinajstić information content (AvgIpc) is 2.94. The molecule has 0 bridgehead atoms. The van der Waals surface area contributed by atoms with Gasteiger partial charge in [0.25, 0.3) is 0 Å². The van der Waals surface area contributed by atoms with Crippen molar-refractivity contribution in [2.75, 3.05) is 80.0 Å². The molecule has 2 N–H and O–H groups in total. The van der Waals surface area contributed by atoms with Crippen LogP contribution in [0.4, 0.5) is 0 Å². The Kier molecular flexibility index (Phi) is 25.0. The molecule has 2 unspecified atom stereocenters. The van der Waals surface area contributed by atoms with Crippen molar-refractivity contribution in [3.05, 3.63) is 0 Å². The van der Waals surface area contributed by atoms with Crippen LogP contribution in [0, 0.1) is 0 Å². The molecule has 246 valence electrons. The Morgan fingerprint density at radius 2 is 1.22 bits per heavy atom. The molecule has 0 aromatic rings. The zero-order chi connectivity index (χ0) is 29.9. The molecule has 8 nitrogen and oxygen atoms in total. The summed E-state index contributed by atoms with van der Waals surface area (Å²) in [5.41, 5.74) is 0. The minimum atomic E-state index is -3.20. The number of quaternary nitrogens is 1. The maximum atomic E-state index is 11.0. The number of aliphatic hydroxyl groups excluding tert-OH is 1. The molecule has 0 saturated carbocycles. The maximum absolute atomic E-state index is 11.0. The van der Waals surface area contributed by atoms with Gasteiger partial charge in [-0.05, 0) is 12.8 Å². The molecule has 0 aromatic heterocycles. The molecule has 0 aromatic carbocycles. The smallest absolute Gasteiger partial charge is 0.394 e. The molecule has 1 heterocycles. The predicted octanol–water partition coefficient (Wildman–Crippen LogP) is 6.10. The van der Waals surface area contributed by atoms with Crippen LogP contribution in [0.5, 0.6) is 0 Å².